The van der Waals surface area contributed by atoms with Gasteiger partial charge in [-0.2, -0.15) is 4.98 Å². The van der Waals surface area contributed by atoms with Crippen LogP contribution in [0.1, 0.15) is 75.5 Å². The highest BCUT2D eigenvalue weighted by atomic mass is 16.2. The van der Waals surface area contributed by atoms with Crippen LogP contribution in [0.5, 0.6) is 0 Å². The maximum atomic E-state index is 12.1. The molecule has 7 heteroatoms. The molecule has 0 saturated heterocycles. The Hall–Kier alpha value is -2.05. The lowest BCUT2D eigenvalue weighted by Crippen LogP contribution is -2.51. The number of nitrogens with zero attached hydrogens (tertiary/aromatic N) is 4. The van der Waals surface area contributed by atoms with Crippen molar-refractivity contribution in [2.75, 3.05) is 24.3 Å². The van der Waals surface area contributed by atoms with Gasteiger partial charge >= 0.3 is 6.03 Å². The van der Waals surface area contributed by atoms with Gasteiger partial charge in [0.05, 0.1) is 5.69 Å². The van der Waals surface area contributed by atoms with E-state index in [0.29, 0.717) is 12.1 Å². The quantitative estimate of drug-likeness (QED) is 0.790. The number of hydrogen-bond donors (Lipinski definition) is 2. The Balaban J connectivity index is 1.40. The highest BCUT2D eigenvalue weighted by Gasteiger charge is 2.34. The molecule has 3 aliphatic carbocycles. The third kappa shape index (κ3) is 4.43. The molecule has 0 aliphatic heterocycles. The Bertz CT molecular complexity index is 722. The molecule has 2 fully saturated rings. The number of hydrogen-bond acceptors (Lipinski definition) is 5. The summed E-state index contributed by atoms with van der Waals surface area (Å²) in [5.41, 5.74) is 8.30. The van der Waals surface area contributed by atoms with Gasteiger partial charge in [-0.3, -0.25) is 0 Å². The molecular weight excluding hydrogens is 364 g/mol. The molecule has 1 aromatic rings. The zero-order valence-electron chi connectivity index (χ0n) is 18.0. The van der Waals surface area contributed by atoms with Gasteiger partial charge in [-0.25, -0.2) is 9.78 Å². The zero-order valence-corrected chi connectivity index (χ0v) is 18.0. The van der Waals surface area contributed by atoms with Crippen molar-refractivity contribution in [2.24, 2.45) is 5.73 Å². The molecule has 1 heterocycles. The second-order valence-corrected chi connectivity index (χ2v) is 9.23. The molecule has 29 heavy (non-hydrogen) atoms. The van der Waals surface area contributed by atoms with Crippen LogP contribution in [0.2, 0.25) is 0 Å². The van der Waals surface area contributed by atoms with Gasteiger partial charge in [0, 0.05) is 37.8 Å². The zero-order chi connectivity index (χ0) is 20.4. The van der Waals surface area contributed by atoms with Gasteiger partial charge in [-0.15, -0.1) is 0 Å². The minimum Gasteiger partial charge on any atom is -0.362 e. The maximum Gasteiger partial charge on any atom is 0.315 e. The predicted molar refractivity (Wildman–Crippen MR) is 116 cm³/mol. The molecule has 7 nitrogen and oxygen atoms in total. The fourth-order valence-corrected chi connectivity index (χ4v) is 5.53. The summed E-state index contributed by atoms with van der Waals surface area (Å²) in [6.45, 7) is 0. The number of carbonyl (C=O) groups excluding carboxylic acids is 1. The number of primary amides is 1. The summed E-state index contributed by atoms with van der Waals surface area (Å²) in [5.74, 6) is 1.83. The first-order valence-electron chi connectivity index (χ1n) is 11.4. The van der Waals surface area contributed by atoms with E-state index in [1.807, 2.05) is 4.90 Å². The Labute approximate surface area is 174 Å². The summed E-state index contributed by atoms with van der Waals surface area (Å²) in [6, 6.07) is 0.771. The summed E-state index contributed by atoms with van der Waals surface area (Å²) in [4.78, 5) is 25.9. The Kier molecular flexibility index (Phi) is 6.11. The van der Waals surface area contributed by atoms with E-state index in [9.17, 15) is 4.79 Å². The number of aryl methyl sites for hydroxylation is 1. The third-order valence-electron chi connectivity index (χ3n) is 6.98. The van der Waals surface area contributed by atoms with E-state index < -0.39 is 0 Å². The number of rotatable bonds is 5. The van der Waals surface area contributed by atoms with Crippen LogP contribution in [0, 0.1) is 0 Å². The van der Waals surface area contributed by atoms with Gasteiger partial charge in [0.25, 0.3) is 0 Å². The number of nitrogens with two attached hydrogens (primary N) is 1. The smallest absolute Gasteiger partial charge is 0.315 e. The molecule has 2 amide bonds. The van der Waals surface area contributed by atoms with Crippen molar-refractivity contribution in [1.82, 2.24) is 14.9 Å². The van der Waals surface area contributed by atoms with E-state index in [-0.39, 0.29) is 12.1 Å². The van der Waals surface area contributed by atoms with Crippen molar-refractivity contribution >= 4 is 17.8 Å². The summed E-state index contributed by atoms with van der Waals surface area (Å²) in [6.07, 6.45) is 13.3. The number of anilines is 2. The molecular formula is C22H36N6O. The van der Waals surface area contributed by atoms with Crippen LogP contribution in [0.4, 0.5) is 16.6 Å². The summed E-state index contributed by atoms with van der Waals surface area (Å²) >= 11 is 0. The third-order valence-corrected chi connectivity index (χ3v) is 6.98. The topological polar surface area (TPSA) is 87.4 Å². The number of carbonyl (C=O) groups is 1. The standard InChI is InChI=1S/C22H36N6O/c1-27(2)20-18-9-5-6-10-19(18)25-22(26-20)24-15-11-13-17(14-12-15)28(21(23)29)16-7-3-4-8-16/h15-17H,3-14H2,1-2H3,(H2,23,29)(H,24,25,26). The lowest BCUT2D eigenvalue weighted by molar-refractivity contribution is 0.129. The minimum absolute atomic E-state index is 0.234. The summed E-state index contributed by atoms with van der Waals surface area (Å²) < 4.78 is 0. The molecule has 0 bridgehead atoms. The molecule has 160 valence electrons. The Morgan fingerprint density at radius 2 is 1.59 bits per heavy atom. The second kappa shape index (κ2) is 8.76. The van der Waals surface area contributed by atoms with Crippen LogP contribution in [0.25, 0.3) is 0 Å². The number of amides is 2. The highest BCUT2D eigenvalue weighted by molar-refractivity contribution is 5.73. The molecule has 0 atom stereocenters. The fraction of sp³-hybridized carbons (Fsp3) is 0.773. The van der Waals surface area contributed by atoms with Crippen LogP contribution >= 0.6 is 0 Å². The van der Waals surface area contributed by atoms with Gasteiger partial charge in [-0.1, -0.05) is 12.8 Å². The lowest BCUT2D eigenvalue weighted by atomic mass is 9.89. The molecule has 3 aliphatic rings. The van der Waals surface area contributed by atoms with E-state index in [1.165, 1.54) is 36.9 Å². The maximum absolute atomic E-state index is 12.1. The molecule has 0 spiro atoms. The van der Waals surface area contributed by atoms with E-state index in [1.54, 1.807) is 0 Å². The van der Waals surface area contributed by atoms with E-state index in [0.717, 1.165) is 63.1 Å². The molecule has 0 radical (unpaired) electrons. The van der Waals surface area contributed by atoms with Crippen molar-refractivity contribution in [3.05, 3.63) is 11.3 Å². The summed E-state index contributed by atoms with van der Waals surface area (Å²) in [5, 5.41) is 3.60. The van der Waals surface area contributed by atoms with Gasteiger partial charge in [0.1, 0.15) is 5.82 Å². The number of nitrogens with one attached hydrogen (secondary N) is 1. The monoisotopic (exact) mass is 400 g/mol. The van der Waals surface area contributed by atoms with Crippen molar-refractivity contribution < 1.29 is 4.79 Å². The van der Waals surface area contributed by atoms with Crippen LogP contribution < -0.4 is 16.0 Å². The van der Waals surface area contributed by atoms with Crippen LogP contribution in [-0.4, -0.2) is 53.1 Å². The molecule has 3 N–H and O–H groups in total. The van der Waals surface area contributed by atoms with Crippen LogP contribution in [0.3, 0.4) is 0 Å². The van der Waals surface area contributed by atoms with Gasteiger partial charge in [0.2, 0.25) is 5.95 Å². The van der Waals surface area contributed by atoms with E-state index in [2.05, 4.69) is 24.3 Å². The molecule has 1 aromatic heterocycles. The number of fused-ring (bicyclic) bond motifs is 1. The first-order valence-corrected chi connectivity index (χ1v) is 11.4. The van der Waals surface area contributed by atoms with Gasteiger partial charge < -0.3 is 20.9 Å². The Morgan fingerprint density at radius 3 is 2.24 bits per heavy atom. The SMILES string of the molecule is CN(C)c1nc(NC2CCC(N(C(N)=O)C3CCCC3)CC2)nc2c1CCCC2. The molecule has 0 unspecified atom stereocenters. The first kappa shape index (κ1) is 20.2. The van der Waals surface area contributed by atoms with Crippen molar-refractivity contribution in [3.8, 4) is 0 Å². The number of aromatic nitrogens is 2. The van der Waals surface area contributed by atoms with E-state index >= 15 is 0 Å². The summed E-state index contributed by atoms with van der Waals surface area (Å²) in [7, 11) is 4.13. The van der Waals surface area contributed by atoms with Crippen LogP contribution in [0.15, 0.2) is 0 Å². The van der Waals surface area contributed by atoms with Gasteiger partial charge in [-0.05, 0) is 64.2 Å². The molecule has 0 aromatic carbocycles. The Morgan fingerprint density at radius 1 is 0.931 bits per heavy atom. The molecule has 2 saturated carbocycles. The van der Waals surface area contributed by atoms with Crippen molar-refractivity contribution in [1.29, 1.82) is 0 Å². The van der Waals surface area contributed by atoms with Gasteiger partial charge in [0.15, 0.2) is 0 Å². The fourth-order valence-electron chi connectivity index (χ4n) is 5.53. The average Bonchev–Trinajstić information content (AvgIpc) is 3.22. The van der Waals surface area contributed by atoms with Crippen molar-refractivity contribution in [2.45, 2.75) is 95.2 Å². The largest absolute Gasteiger partial charge is 0.362 e. The highest BCUT2D eigenvalue weighted by Crippen LogP contribution is 2.32. The molecule has 4 rings (SSSR count). The van der Waals surface area contributed by atoms with Crippen molar-refractivity contribution in [3.63, 3.8) is 0 Å². The second-order valence-electron chi connectivity index (χ2n) is 9.23. The lowest BCUT2D eigenvalue weighted by Gasteiger charge is -2.39. The van der Waals surface area contributed by atoms with Crippen LogP contribution in [-0.2, 0) is 12.8 Å². The average molecular weight is 401 g/mol. The predicted octanol–water partition coefficient (Wildman–Crippen LogP) is 3.47. The minimum atomic E-state index is -0.234. The number of urea groups is 1. The normalized spacial score (nSPS) is 24.8. The van der Waals surface area contributed by atoms with E-state index in [4.69, 9.17) is 15.7 Å². The first-order chi connectivity index (χ1) is 14.0.